The lowest BCUT2D eigenvalue weighted by atomic mass is 10.1. The molecule has 2 rings (SSSR count). The van der Waals surface area contributed by atoms with E-state index in [0.717, 1.165) is 23.6 Å². The standard InChI is InChI=1S/C9H11Br.C8H10BrN.BrH/c1-2-8-3-5-9(7-10)6-4-8;9-5-7-1-3-8(6-10)4-2-7;/h3-6H,2,7H2,1H3;1-4H,5-6,10H2;1H. The molecule has 0 aromatic heterocycles. The Bertz CT molecular complexity index is 387. The molecule has 1 nitrogen and oxygen atoms in total. The third kappa shape index (κ3) is 8.15. The highest BCUT2D eigenvalue weighted by Crippen LogP contribution is 2.08. The maximum Gasteiger partial charge on any atom is 0.0997 e. The zero-order chi connectivity index (χ0) is 14.8. The predicted octanol–water partition coefficient (Wildman–Crippen LogP) is 1.47. The van der Waals surface area contributed by atoms with E-state index in [-0.39, 0.29) is 17.0 Å². The fourth-order valence-corrected chi connectivity index (χ4v) is 2.41. The first-order valence-electron chi connectivity index (χ1n) is 6.80. The van der Waals surface area contributed by atoms with Crippen molar-refractivity contribution < 1.29 is 22.7 Å². The van der Waals surface area contributed by atoms with Crippen LogP contribution < -0.4 is 22.7 Å². The van der Waals surface area contributed by atoms with Gasteiger partial charge in [-0.25, -0.2) is 0 Å². The normalized spacial score (nSPS) is 9.33. The molecule has 3 N–H and O–H groups in total. The molecule has 0 radical (unpaired) electrons. The summed E-state index contributed by atoms with van der Waals surface area (Å²) in [4.78, 5) is 0. The van der Waals surface area contributed by atoms with Crippen molar-refractivity contribution in [2.24, 2.45) is 0 Å². The molecule has 2 aromatic rings. The second kappa shape index (κ2) is 12.4. The maximum absolute atomic E-state index is 3.80. The summed E-state index contributed by atoms with van der Waals surface area (Å²) in [6, 6.07) is 17.1. The van der Waals surface area contributed by atoms with Crippen molar-refractivity contribution in [2.75, 3.05) is 0 Å². The number of alkyl halides is 2. The average molecular weight is 480 g/mol. The molecule has 0 aliphatic rings. The van der Waals surface area contributed by atoms with Crippen molar-refractivity contribution in [2.45, 2.75) is 30.5 Å². The number of hydrogen-bond acceptors (Lipinski definition) is 0. The van der Waals surface area contributed by atoms with E-state index in [1.165, 1.54) is 22.3 Å². The summed E-state index contributed by atoms with van der Waals surface area (Å²) in [5.74, 6) is 0. The topological polar surface area (TPSA) is 27.6 Å². The van der Waals surface area contributed by atoms with Crippen LogP contribution in [0.3, 0.4) is 0 Å². The van der Waals surface area contributed by atoms with E-state index in [9.17, 15) is 0 Å². The van der Waals surface area contributed by atoms with E-state index in [1.807, 2.05) is 0 Å². The number of aryl methyl sites for hydroxylation is 1. The van der Waals surface area contributed by atoms with Crippen LogP contribution in [0.1, 0.15) is 29.2 Å². The molecule has 2 aromatic carbocycles. The lowest BCUT2D eigenvalue weighted by molar-refractivity contribution is -0.386. The maximum atomic E-state index is 3.80. The highest BCUT2D eigenvalue weighted by Gasteiger charge is 1.91. The molecule has 0 heterocycles. The summed E-state index contributed by atoms with van der Waals surface area (Å²) in [6.45, 7) is 3.05. The largest absolute Gasteiger partial charge is 1.00 e. The number of benzene rings is 2. The van der Waals surface area contributed by atoms with Gasteiger partial charge >= 0.3 is 0 Å². The van der Waals surface area contributed by atoms with Gasteiger partial charge in [-0.1, -0.05) is 87.3 Å². The molecule has 21 heavy (non-hydrogen) atoms. The fraction of sp³-hybridized carbons (Fsp3) is 0.294. The number of halogens is 3. The van der Waals surface area contributed by atoms with Gasteiger partial charge in [-0.15, -0.1) is 0 Å². The molecule has 4 heteroatoms. The van der Waals surface area contributed by atoms with Gasteiger partial charge in [0.05, 0.1) is 6.54 Å². The van der Waals surface area contributed by atoms with Crippen LogP contribution in [0.25, 0.3) is 0 Å². The molecule has 0 bridgehead atoms. The van der Waals surface area contributed by atoms with E-state index in [1.54, 1.807) is 0 Å². The zero-order valence-corrected chi connectivity index (χ0v) is 17.0. The highest BCUT2D eigenvalue weighted by molar-refractivity contribution is 9.08. The Labute approximate surface area is 155 Å². The molecule has 0 saturated heterocycles. The minimum Gasteiger partial charge on any atom is -1.00 e. The lowest BCUT2D eigenvalue weighted by Gasteiger charge is -1.96. The van der Waals surface area contributed by atoms with Gasteiger partial charge in [0, 0.05) is 16.2 Å². The van der Waals surface area contributed by atoms with Gasteiger partial charge < -0.3 is 22.7 Å². The smallest absolute Gasteiger partial charge is 0.0997 e. The third-order valence-electron chi connectivity index (χ3n) is 3.05. The Morgan fingerprint density at radius 1 is 0.714 bits per heavy atom. The SMILES string of the molecule is CCc1ccc(CBr)cc1.[Br-].[NH3+]Cc1ccc(CBr)cc1. The van der Waals surface area contributed by atoms with E-state index in [2.05, 4.69) is 93.0 Å². The van der Waals surface area contributed by atoms with E-state index in [0.29, 0.717) is 0 Å². The number of hydrogen-bond donors (Lipinski definition) is 1. The predicted molar refractivity (Wildman–Crippen MR) is 94.1 cm³/mol. The Kier molecular flexibility index (Phi) is 12.3. The van der Waals surface area contributed by atoms with Crippen LogP contribution >= 0.6 is 31.9 Å². The lowest BCUT2D eigenvalue weighted by Crippen LogP contribution is -3.00. The summed E-state index contributed by atoms with van der Waals surface area (Å²) in [7, 11) is 0. The van der Waals surface area contributed by atoms with E-state index >= 15 is 0 Å². The van der Waals surface area contributed by atoms with Gasteiger partial charge in [-0.2, -0.15) is 0 Å². The van der Waals surface area contributed by atoms with Crippen molar-refractivity contribution >= 4 is 31.9 Å². The van der Waals surface area contributed by atoms with Crippen LogP contribution in [0.4, 0.5) is 0 Å². The van der Waals surface area contributed by atoms with Crippen molar-refractivity contribution in [3.63, 3.8) is 0 Å². The van der Waals surface area contributed by atoms with Crippen molar-refractivity contribution in [3.05, 3.63) is 70.8 Å². The minimum absolute atomic E-state index is 0. The average Bonchev–Trinajstić information content (AvgIpc) is 2.55. The molecule has 0 aliphatic carbocycles. The van der Waals surface area contributed by atoms with Crippen molar-refractivity contribution in [1.29, 1.82) is 0 Å². The van der Waals surface area contributed by atoms with Crippen LogP contribution in [0.15, 0.2) is 48.5 Å². The van der Waals surface area contributed by atoms with Crippen molar-refractivity contribution in [1.82, 2.24) is 0 Å². The third-order valence-corrected chi connectivity index (χ3v) is 4.35. The Hall–Kier alpha value is -0.160. The van der Waals surface area contributed by atoms with Gasteiger partial charge in [0.15, 0.2) is 0 Å². The Morgan fingerprint density at radius 2 is 1.05 bits per heavy atom. The summed E-state index contributed by atoms with van der Waals surface area (Å²) in [5.41, 5.74) is 9.16. The monoisotopic (exact) mass is 477 g/mol. The first-order valence-corrected chi connectivity index (χ1v) is 9.04. The van der Waals surface area contributed by atoms with Gasteiger partial charge in [0.1, 0.15) is 0 Å². The van der Waals surface area contributed by atoms with Crippen LogP contribution in [-0.2, 0) is 23.6 Å². The molecule has 0 atom stereocenters. The molecule has 0 fully saturated rings. The molecule has 0 saturated carbocycles. The molecule has 0 unspecified atom stereocenters. The molecule has 0 aliphatic heterocycles. The van der Waals surface area contributed by atoms with E-state index < -0.39 is 0 Å². The Morgan fingerprint density at radius 3 is 1.33 bits per heavy atom. The van der Waals surface area contributed by atoms with Gasteiger partial charge in [0.2, 0.25) is 0 Å². The van der Waals surface area contributed by atoms with E-state index in [4.69, 9.17) is 0 Å². The molecule has 0 amide bonds. The van der Waals surface area contributed by atoms with Gasteiger partial charge in [-0.05, 0) is 23.1 Å². The van der Waals surface area contributed by atoms with Crippen LogP contribution in [0.2, 0.25) is 0 Å². The van der Waals surface area contributed by atoms with Crippen LogP contribution in [0, 0.1) is 0 Å². The molecule has 116 valence electrons. The molecular weight excluding hydrogens is 458 g/mol. The summed E-state index contributed by atoms with van der Waals surface area (Å²) < 4.78 is 0. The summed E-state index contributed by atoms with van der Waals surface area (Å²) >= 11 is 6.79. The Balaban J connectivity index is 0.000000364. The van der Waals surface area contributed by atoms with Gasteiger partial charge in [-0.3, -0.25) is 0 Å². The fourth-order valence-electron chi connectivity index (χ4n) is 1.66. The first kappa shape index (κ1) is 20.8. The number of rotatable bonds is 4. The van der Waals surface area contributed by atoms with Crippen LogP contribution in [-0.4, -0.2) is 0 Å². The number of quaternary nitrogens is 1. The summed E-state index contributed by atoms with van der Waals surface area (Å²) in [5, 5.41) is 1.89. The van der Waals surface area contributed by atoms with Gasteiger partial charge in [0.25, 0.3) is 0 Å². The quantitative estimate of drug-likeness (QED) is 0.643. The van der Waals surface area contributed by atoms with Crippen molar-refractivity contribution in [3.8, 4) is 0 Å². The highest BCUT2D eigenvalue weighted by atomic mass is 79.9. The molecule has 0 spiro atoms. The first-order chi connectivity index (χ1) is 9.73. The second-order valence-electron chi connectivity index (χ2n) is 4.50. The molecular formula is C17H22Br3N. The minimum atomic E-state index is 0. The second-order valence-corrected chi connectivity index (χ2v) is 5.63. The van der Waals surface area contributed by atoms with Crippen LogP contribution in [0.5, 0.6) is 0 Å². The summed E-state index contributed by atoms with van der Waals surface area (Å²) in [6.07, 6.45) is 1.13. The zero-order valence-electron chi connectivity index (χ0n) is 12.3.